The molecule has 3 amide bonds. The van der Waals surface area contributed by atoms with Crippen LogP contribution in [0.2, 0.25) is 0 Å². The average Bonchev–Trinajstić information content (AvgIpc) is 3.24. The van der Waals surface area contributed by atoms with Crippen LogP contribution >= 0.6 is 11.3 Å². The van der Waals surface area contributed by atoms with E-state index >= 15 is 0 Å². The molecule has 2 rings (SSSR count). The summed E-state index contributed by atoms with van der Waals surface area (Å²) in [7, 11) is 3.09. The van der Waals surface area contributed by atoms with Crippen LogP contribution in [0.15, 0.2) is 29.6 Å². The number of rotatable bonds is 12. The van der Waals surface area contributed by atoms with Crippen LogP contribution in [0.1, 0.15) is 33.9 Å². The largest absolute Gasteiger partial charge is 0.418 e. The molecule has 2 N–H and O–H groups in total. The lowest BCUT2D eigenvalue weighted by atomic mass is 10.1. The van der Waals surface area contributed by atoms with Crippen molar-refractivity contribution in [3.63, 3.8) is 0 Å². The Kier molecular flexibility index (Phi) is 10.6. The van der Waals surface area contributed by atoms with Crippen LogP contribution in [0.25, 0.3) is 0 Å². The van der Waals surface area contributed by atoms with Gasteiger partial charge in [-0.1, -0.05) is 12.1 Å². The highest BCUT2D eigenvalue weighted by Crippen LogP contribution is 2.34. The number of anilines is 1. The third kappa shape index (κ3) is 8.63. The lowest BCUT2D eigenvalue weighted by Gasteiger charge is -2.23. The van der Waals surface area contributed by atoms with E-state index in [1.54, 1.807) is 12.5 Å². The quantitative estimate of drug-likeness (QED) is 0.441. The Labute approximate surface area is 194 Å². The van der Waals surface area contributed by atoms with E-state index in [4.69, 9.17) is 9.47 Å². The molecule has 0 radical (unpaired) electrons. The van der Waals surface area contributed by atoms with Crippen molar-refractivity contribution in [1.29, 1.82) is 0 Å². The van der Waals surface area contributed by atoms with E-state index in [0.29, 0.717) is 37.6 Å². The summed E-state index contributed by atoms with van der Waals surface area (Å²) in [6.07, 6.45) is -3.47. The Morgan fingerprint density at radius 2 is 1.82 bits per heavy atom. The van der Waals surface area contributed by atoms with Gasteiger partial charge < -0.3 is 25.0 Å². The smallest absolute Gasteiger partial charge is 0.385 e. The van der Waals surface area contributed by atoms with Crippen molar-refractivity contribution in [3.8, 4) is 0 Å². The Balaban J connectivity index is 2.09. The first-order valence-corrected chi connectivity index (χ1v) is 11.1. The van der Waals surface area contributed by atoms with Crippen molar-refractivity contribution in [2.45, 2.75) is 25.6 Å². The van der Waals surface area contributed by atoms with Crippen molar-refractivity contribution in [1.82, 2.24) is 15.2 Å². The molecule has 12 heteroatoms. The van der Waals surface area contributed by atoms with Crippen molar-refractivity contribution >= 4 is 29.0 Å². The SMILES string of the molecule is COCCCNC(=O)c1csc(CN(CCCOC)C(=O)Nc2ccccc2C(F)(F)F)n1. The fourth-order valence-corrected chi connectivity index (χ4v) is 3.63. The summed E-state index contributed by atoms with van der Waals surface area (Å²) in [4.78, 5) is 30.6. The molecule has 0 spiro atoms. The van der Waals surface area contributed by atoms with Gasteiger partial charge in [-0.15, -0.1) is 11.3 Å². The first-order chi connectivity index (χ1) is 15.8. The van der Waals surface area contributed by atoms with Gasteiger partial charge in [-0.3, -0.25) is 4.79 Å². The molecular formula is C21H27F3N4O4S. The van der Waals surface area contributed by atoms with Crippen LogP contribution in [0.4, 0.5) is 23.7 Å². The first-order valence-electron chi connectivity index (χ1n) is 10.2. The number of nitrogens with zero attached hydrogens (tertiary/aromatic N) is 2. The number of urea groups is 1. The van der Waals surface area contributed by atoms with E-state index in [0.717, 1.165) is 6.07 Å². The summed E-state index contributed by atoms with van der Waals surface area (Å²) in [6, 6.07) is 4.07. The molecule has 0 aliphatic rings. The summed E-state index contributed by atoms with van der Waals surface area (Å²) in [5, 5.41) is 7.13. The number of alkyl halides is 3. The molecule has 1 aromatic heterocycles. The molecule has 0 unspecified atom stereocenters. The van der Waals surface area contributed by atoms with Crippen molar-refractivity contribution in [2.24, 2.45) is 0 Å². The zero-order valence-electron chi connectivity index (χ0n) is 18.4. The van der Waals surface area contributed by atoms with Gasteiger partial charge in [-0.25, -0.2) is 9.78 Å². The number of benzene rings is 1. The maximum atomic E-state index is 13.3. The van der Waals surface area contributed by atoms with Gasteiger partial charge in [0.2, 0.25) is 0 Å². The highest BCUT2D eigenvalue weighted by Gasteiger charge is 2.34. The molecule has 33 heavy (non-hydrogen) atoms. The Morgan fingerprint density at radius 1 is 1.12 bits per heavy atom. The Hall–Kier alpha value is -2.70. The number of methoxy groups -OCH3 is 2. The minimum Gasteiger partial charge on any atom is -0.385 e. The second-order valence-corrected chi connectivity index (χ2v) is 7.91. The monoisotopic (exact) mass is 488 g/mol. The number of carbonyl (C=O) groups is 2. The second-order valence-electron chi connectivity index (χ2n) is 6.97. The van der Waals surface area contributed by atoms with Crippen molar-refractivity contribution in [2.75, 3.05) is 45.8 Å². The van der Waals surface area contributed by atoms with E-state index in [1.165, 1.54) is 41.5 Å². The predicted octanol–water partition coefficient (Wildman–Crippen LogP) is 4.00. The van der Waals surface area contributed by atoms with Gasteiger partial charge in [0, 0.05) is 45.9 Å². The molecule has 2 aromatic rings. The normalized spacial score (nSPS) is 11.3. The standard InChI is InChI=1S/C21H27F3N4O4S/c1-31-11-5-9-25-19(29)17-14-33-18(26-17)13-28(10-6-12-32-2)20(30)27-16-8-4-3-7-15(16)21(22,23)24/h3-4,7-8,14H,5-6,9-13H2,1-2H3,(H,25,29)(H,27,30). The minimum absolute atomic E-state index is 0.0331. The molecule has 8 nitrogen and oxygen atoms in total. The van der Waals surface area contributed by atoms with Crippen LogP contribution in [-0.2, 0) is 22.2 Å². The van der Waals surface area contributed by atoms with Gasteiger partial charge in [0.1, 0.15) is 10.7 Å². The maximum absolute atomic E-state index is 13.3. The van der Waals surface area contributed by atoms with Gasteiger partial charge in [0.15, 0.2) is 0 Å². The Morgan fingerprint density at radius 3 is 2.52 bits per heavy atom. The number of amides is 3. The number of hydrogen-bond donors (Lipinski definition) is 2. The number of halogens is 3. The molecule has 1 heterocycles. The molecule has 0 bridgehead atoms. The summed E-state index contributed by atoms with van der Waals surface area (Å²) < 4.78 is 49.8. The summed E-state index contributed by atoms with van der Waals surface area (Å²) >= 11 is 1.19. The lowest BCUT2D eigenvalue weighted by Crippen LogP contribution is -2.36. The number of aromatic nitrogens is 1. The van der Waals surface area contributed by atoms with E-state index < -0.39 is 17.8 Å². The third-order valence-corrected chi connectivity index (χ3v) is 5.29. The lowest BCUT2D eigenvalue weighted by molar-refractivity contribution is -0.136. The number of ether oxygens (including phenoxy) is 2. The van der Waals surface area contributed by atoms with Crippen molar-refractivity contribution in [3.05, 3.63) is 45.9 Å². The molecule has 0 aliphatic carbocycles. The summed E-state index contributed by atoms with van der Waals surface area (Å²) in [5.41, 5.74) is -1.05. The summed E-state index contributed by atoms with van der Waals surface area (Å²) in [5.74, 6) is -0.344. The van der Waals surface area contributed by atoms with Crippen LogP contribution < -0.4 is 10.6 Å². The molecule has 182 valence electrons. The first kappa shape index (κ1) is 26.6. The van der Waals surface area contributed by atoms with Crippen LogP contribution in [0, 0.1) is 0 Å². The van der Waals surface area contributed by atoms with Gasteiger partial charge in [0.25, 0.3) is 5.91 Å². The molecule has 0 atom stereocenters. The van der Waals surface area contributed by atoms with Crippen LogP contribution in [0.3, 0.4) is 0 Å². The van der Waals surface area contributed by atoms with E-state index in [2.05, 4.69) is 15.6 Å². The van der Waals surface area contributed by atoms with E-state index in [-0.39, 0.29) is 30.4 Å². The second kappa shape index (κ2) is 13.1. The fraction of sp³-hybridized carbons (Fsp3) is 0.476. The number of para-hydroxylation sites is 1. The fourth-order valence-electron chi connectivity index (χ4n) is 2.85. The highest BCUT2D eigenvalue weighted by molar-refractivity contribution is 7.09. The highest BCUT2D eigenvalue weighted by atomic mass is 32.1. The average molecular weight is 489 g/mol. The zero-order chi connectivity index (χ0) is 24.3. The third-order valence-electron chi connectivity index (χ3n) is 4.46. The molecule has 1 aromatic carbocycles. The zero-order valence-corrected chi connectivity index (χ0v) is 19.2. The van der Waals surface area contributed by atoms with Gasteiger partial charge in [0.05, 0.1) is 17.8 Å². The van der Waals surface area contributed by atoms with Crippen molar-refractivity contribution < 1.29 is 32.2 Å². The predicted molar refractivity (Wildman–Crippen MR) is 118 cm³/mol. The molecule has 0 aliphatic heterocycles. The Bertz CT molecular complexity index is 908. The molecule has 0 saturated carbocycles. The van der Waals surface area contributed by atoms with Gasteiger partial charge in [-0.05, 0) is 25.0 Å². The molecule has 0 fully saturated rings. The molecular weight excluding hydrogens is 461 g/mol. The number of carbonyl (C=O) groups excluding carboxylic acids is 2. The minimum atomic E-state index is -4.61. The topological polar surface area (TPSA) is 92.8 Å². The number of hydrogen-bond acceptors (Lipinski definition) is 6. The van der Waals surface area contributed by atoms with E-state index in [1.807, 2.05) is 0 Å². The molecule has 0 saturated heterocycles. The maximum Gasteiger partial charge on any atom is 0.418 e. The van der Waals surface area contributed by atoms with Gasteiger partial charge >= 0.3 is 12.2 Å². The van der Waals surface area contributed by atoms with E-state index in [9.17, 15) is 22.8 Å². The number of nitrogens with one attached hydrogen (secondary N) is 2. The van der Waals surface area contributed by atoms with Crippen LogP contribution in [0.5, 0.6) is 0 Å². The number of thiazole rings is 1. The van der Waals surface area contributed by atoms with Crippen LogP contribution in [-0.4, -0.2) is 62.3 Å². The van der Waals surface area contributed by atoms with Gasteiger partial charge in [-0.2, -0.15) is 13.2 Å². The summed E-state index contributed by atoms with van der Waals surface area (Å²) in [6.45, 7) is 1.59.